The lowest BCUT2D eigenvalue weighted by atomic mass is 9.79. The van der Waals surface area contributed by atoms with Crippen molar-refractivity contribution in [2.24, 2.45) is 5.92 Å². The van der Waals surface area contributed by atoms with Crippen LogP contribution >= 0.6 is 0 Å². The molecule has 2 heteroatoms. The Kier molecular flexibility index (Phi) is 5.01. The first-order chi connectivity index (χ1) is 9.18. The fourth-order valence-electron chi connectivity index (χ4n) is 2.50. The molecular formula is C17H23NO. The van der Waals surface area contributed by atoms with E-state index in [4.69, 9.17) is 0 Å². The van der Waals surface area contributed by atoms with Gasteiger partial charge in [-0.15, -0.1) is 0 Å². The lowest BCUT2D eigenvalue weighted by molar-refractivity contribution is -0.00520. The van der Waals surface area contributed by atoms with Gasteiger partial charge in [-0.1, -0.05) is 37.0 Å². The molecule has 0 aliphatic heterocycles. The third kappa shape index (κ3) is 4.70. The monoisotopic (exact) mass is 257 g/mol. The summed E-state index contributed by atoms with van der Waals surface area (Å²) in [5.41, 5.74) is 0.524. The number of aliphatic hydroxyl groups is 1. The molecule has 0 amide bonds. The number of rotatable bonds is 3. The molecule has 0 bridgehead atoms. The van der Waals surface area contributed by atoms with Gasteiger partial charge in [-0.05, 0) is 43.7 Å². The third-order valence-corrected chi connectivity index (χ3v) is 3.88. The molecule has 19 heavy (non-hydrogen) atoms. The predicted octanol–water partition coefficient (Wildman–Crippen LogP) is 2.57. The summed E-state index contributed by atoms with van der Waals surface area (Å²) in [7, 11) is 0. The molecule has 0 saturated heterocycles. The molecule has 1 saturated carbocycles. The Morgan fingerprint density at radius 3 is 2.63 bits per heavy atom. The van der Waals surface area contributed by atoms with Crippen molar-refractivity contribution in [3.63, 3.8) is 0 Å². The lowest BCUT2D eigenvalue weighted by Gasteiger charge is -2.34. The van der Waals surface area contributed by atoms with Crippen molar-refractivity contribution in [1.29, 1.82) is 0 Å². The van der Waals surface area contributed by atoms with Crippen LogP contribution in [0.15, 0.2) is 30.3 Å². The SMILES string of the molecule is CC1CCC(O)(CNCC#Cc2ccccc2)CC1. The third-order valence-electron chi connectivity index (χ3n) is 3.88. The highest BCUT2D eigenvalue weighted by Gasteiger charge is 2.30. The van der Waals surface area contributed by atoms with Crippen LogP contribution in [0, 0.1) is 17.8 Å². The minimum Gasteiger partial charge on any atom is -0.389 e. The van der Waals surface area contributed by atoms with Crippen LogP contribution in [0.3, 0.4) is 0 Å². The standard InChI is InChI=1S/C17H23NO/c1-15-9-11-17(19,12-10-15)14-18-13-5-8-16-6-3-2-4-7-16/h2-4,6-7,15,18-19H,9-14H2,1H3. The normalized spacial score (nSPS) is 26.5. The summed E-state index contributed by atoms with van der Waals surface area (Å²) in [6.45, 7) is 3.55. The van der Waals surface area contributed by atoms with Crippen molar-refractivity contribution in [2.45, 2.75) is 38.2 Å². The Bertz CT molecular complexity index is 435. The van der Waals surface area contributed by atoms with E-state index in [2.05, 4.69) is 24.1 Å². The van der Waals surface area contributed by atoms with Gasteiger partial charge >= 0.3 is 0 Å². The van der Waals surface area contributed by atoms with E-state index in [-0.39, 0.29) is 0 Å². The van der Waals surface area contributed by atoms with E-state index < -0.39 is 5.60 Å². The van der Waals surface area contributed by atoms with Gasteiger partial charge in [-0.2, -0.15) is 0 Å². The van der Waals surface area contributed by atoms with Crippen molar-refractivity contribution in [3.8, 4) is 11.8 Å². The highest BCUT2D eigenvalue weighted by Crippen LogP contribution is 2.31. The van der Waals surface area contributed by atoms with Gasteiger partial charge in [0.05, 0.1) is 12.1 Å². The first kappa shape index (κ1) is 14.1. The Labute approximate surface area is 116 Å². The maximum Gasteiger partial charge on any atom is 0.0772 e. The smallest absolute Gasteiger partial charge is 0.0772 e. The molecule has 1 aliphatic carbocycles. The summed E-state index contributed by atoms with van der Waals surface area (Å²) in [6.07, 6.45) is 4.09. The zero-order valence-electron chi connectivity index (χ0n) is 11.7. The number of hydrogen-bond acceptors (Lipinski definition) is 2. The molecule has 2 rings (SSSR count). The largest absolute Gasteiger partial charge is 0.389 e. The summed E-state index contributed by atoms with van der Waals surface area (Å²) in [6, 6.07) is 9.97. The first-order valence-electron chi connectivity index (χ1n) is 7.15. The molecule has 1 fully saturated rings. The van der Waals surface area contributed by atoms with Crippen molar-refractivity contribution in [3.05, 3.63) is 35.9 Å². The number of nitrogens with one attached hydrogen (secondary N) is 1. The van der Waals surface area contributed by atoms with Gasteiger partial charge in [0.15, 0.2) is 0 Å². The molecule has 2 N–H and O–H groups in total. The second-order valence-corrected chi connectivity index (χ2v) is 5.68. The van der Waals surface area contributed by atoms with Crippen LogP contribution in [0.2, 0.25) is 0 Å². The molecule has 0 atom stereocenters. The Morgan fingerprint density at radius 1 is 1.26 bits per heavy atom. The molecule has 2 nitrogen and oxygen atoms in total. The molecule has 0 radical (unpaired) electrons. The maximum atomic E-state index is 10.4. The van der Waals surface area contributed by atoms with Crippen LogP contribution < -0.4 is 5.32 Å². The number of hydrogen-bond donors (Lipinski definition) is 2. The molecule has 0 unspecified atom stereocenters. The molecule has 0 spiro atoms. The van der Waals surface area contributed by atoms with E-state index in [9.17, 15) is 5.11 Å². The van der Waals surface area contributed by atoms with Gasteiger partial charge in [-0.3, -0.25) is 0 Å². The minimum absolute atomic E-state index is 0.513. The second-order valence-electron chi connectivity index (χ2n) is 5.68. The molecule has 0 aromatic heterocycles. The van der Waals surface area contributed by atoms with Crippen molar-refractivity contribution in [1.82, 2.24) is 5.32 Å². The zero-order valence-corrected chi connectivity index (χ0v) is 11.7. The van der Waals surface area contributed by atoms with Gasteiger partial charge < -0.3 is 10.4 Å². The van der Waals surface area contributed by atoms with Gasteiger partial charge in [-0.25, -0.2) is 0 Å². The summed E-state index contributed by atoms with van der Waals surface area (Å²) >= 11 is 0. The molecule has 102 valence electrons. The van der Waals surface area contributed by atoms with Gasteiger partial charge in [0.1, 0.15) is 0 Å². The molecular weight excluding hydrogens is 234 g/mol. The van der Waals surface area contributed by atoms with Crippen molar-refractivity contribution in [2.75, 3.05) is 13.1 Å². The summed E-state index contributed by atoms with van der Waals surface area (Å²) < 4.78 is 0. The highest BCUT2D eigenvalue weighted by atomic mass is 16.3. The van der Waals surface area contributed by atoms with Gasteiger partial charge in [0, 0.05) is 12.1 Å². The Hall–Kier alpha value is -1.30. The average molecular weight is 257 g/mol. The molecule has 0 heterocycles. The maximum absolute atomic E-state index is 10.4. The highest BCUT2D eigenvalue weighted by molar-refractivity contribution is 5.33. The van der Waals surface area contributed by atoms with E-state index in [0.29, 0.717) is 13.1 Å². The van der Waals surface area contributed by atoms with Crippen LogP contribution in [0.4, 0.5) is 0 Å². The lowest BCUT2D eigenvalue weighted by Crippen LogP contribution is -2.43. The molecule has 1 aromatic carbocycles. The van der Waals surface area contributed by atoms with E-state index >= 15 is 0 Å². The van der Waals surface area contributed by atoms with Crippen LogP contribution in [0.1, 0.15) is 38.2 Å². The summed E-state index contributed by atoms with van der Waals surface area (Å²) in [4.78, 5) is 0. The summed E-state index contributed by atoms with van der Waals surface area (Å²) in [5, 5.41) is 13.7. The van der Waals surface area contributed by atoms with Crippen LogP contribution in [0.5, 0.6) is 0 Å². The zero-order chi connectivity index (χ0) is 13.6. The molecule has 1 aliphatic rings. The second kappa shape index (κ2) is 6.75. The topological polar surface area (TPSA) is 32.3 Å². The van der Waals surface area contributed by atoms with E-state index in [1.807, 2.05) is 30.3 Å². The van der Waals surface area contributed by atoms with Crippen LogP contribution in [0.25, 0.3) is 0 Å². The fraction of sp³-hybridized carbons (Fsp3) is 0.529. The predicted molar refractivity (Wildman–Crippen MR) is 78.8 cm³/mol. The Balaban J connectivity index is 1.71. The average Bonchev–Trinajstić information content (AvgIpc) is 2.43. The van der Waals surface area contributed by atoms with Crippen LogP contribution in [-0.4, -0.2) is 23.8 Å². The van der Waals surface area contributed by atoms with E-state index in [1.165, 1.54) is 0 Å². The van der Waals surface area contributed by atoms with Crippen molar-refractivity contribution < 1.29 is 5.11 Å². The number of benzene rings is 1. The van der Waals surface area contributed by atoms with Crippen molar-refractivity contribution >= 4 is 0 Å². The van der Waals surface area contributed by atoms with Gasteiger partial charge in [0.2, 0.25) is 0 Å². The van der Waals surface area contributed by atoms with Gasteiger partial charge in [0.25, 0.3) is 0 Å². The van der Waals surface area contributed by atoms with E-state index in [1.54, 1.807) is 0 Å². The Morgan fingerprint density at radius 2 is 1.95 bits per heavy atom. The quantitative estimate of drug-likeness (QED) is 0.644. The summed E-state index contributed by atoms with van der Waals surface area (Å²) in [5.74, 6) is 6.97. The fourth-order valence-corrected chi connectivity index (χ4v) is 2.50. The first-order valence-corrected chi connectivity index (χ1v) is 7.15. The van der Waals surface area contributed by atoms with E-state index in [0.717, 1.165) is 37.2 Å². The van der Waals surface area contributed by atoms with Crippen LogP contribution in [-0.2, 0) is 0 Å². The molecule has 1 aromatic rings. The minimum atomic E-state index is -0.513.